The quantitative estimate of drug-likeness (QED) is 0.602. The number of benzene rings is 1. The van der Waals surface area contributed by atoms with Crippen molar-refractivity contribution in [1.82, 2.24) is 9.80 Å². The molecule has 7 heteroatoms. The lowest BCUT2D eigenvalue weighted by molar-refractivity contribution is -0.000532. The Morgan fingerprint density at radius 3 is 2.38 bits per heavy atom. The summed E-state index contributed by atoms with van der Waals surface area (Å²) in [6.07, 6.45) is 5.29. The molecule has 0 aromatic heterocycles. The van der Waals surface area contributed by atoms with Crippen LogP contribution in [0.25, 0.3) is 0 Å². The largest absolute Gasteiger partial charge is 0.490 e. The fourth-order valence-corrected chi connectivity index (χ4v) is 4.46. The van der Waals surface area contributed by atoms with E-state index in [1.165, 1.54) is 38.0 Å². The molecule has 0 amide bonds. The molecule has 2 aliphatic heterocycles. The highest BCUT2D eigenvalue weighted by atomic mass is 35.5. The predicted molar refractivity (Wildman–Crippen MR) is 121 cm³/mol. The second-order valence-corrected chi connectivity index (χ2v) is 8.19. The van der Waals surface area contributed by atoms with Gasteiger partial charge in [-0.05, 0) is 69.3 Å². The van der Waals surface area contributed by atoms with Crippen LogP contribution in [-0.4, -0.2) is 68.4 Å². The Balaban J connectivity index is 0.00000150. The first-order chi connectivity index (χ1) is 13.3. The van der Waals surface area contributed by atoms with Crippen molar-refractivity contribution in [3.63, 3.8) is 0 Å². The SMILES string of the molecule is CCOc1cc(CN2CCCC2)ccc1OC1CC(CN2CCOCC2)C1.Cl.Cl. The molecular weight excluding hydrogens is 411 g/mol. The summed E-state index contributed by atoms with van der Waals surface area (Å²) < 4.78 is 17.6. The highest BCUT2D eigenvalue weighted by Crippen LogP contribution is 2.36. The Morgan fingerprint density at radius 2 is 1.69 bits per heavy atom. The van der Waals surface area contributed by atoms with Crippen LogP contribution >= 0.6 is 24.8 Å². The van der Waals surface area contributed by atoms with Gasteiger partial charge in [0, 0.05) is 26.2 Å². The van der Waals surface area contributed by atoms with Gasteiger partial charge in [0.25, 0.3) is 0 Å². The van der Waals surface area contributed by atoms with Crippen LogP contribution in [0.3, 0.4) is 0 Å². The molecular formula is C22H36Cl2N2O3. The van der Waals surface area contributed by atoms with E-state index in [1.807, 2.05) is 6.92 Å². The first kappa shape index (κ1) is 24.5. The lowest BCUT2D eigenvalue weighted by Gasteiger charge is -2.39. The van der Waals surface area contributed by atoms with E-state index in [-0.39, 0.29) is 24.8 Å². The second kappa shape index (κ2) is 12.2. The highest BCUT2D eigenvalue weighted by Gasteiger charge is 2.33. The maximum atomic E-state index is 6.30. The summed E-state index contributed by atoms with van der Waals surface area (Å²) in [6.45, 7) is 11.3. The van der Waals surface area contributed by atoms with E-state index in [0.29, 0.717) is 12.7 Å². The lowest BCUT2D eigenvalue weighted by atomic mass is 9.81. The highest BCUT2D eigenvalue weighted by molar-refractivity contribution is 5.85. The molecule has 3 aliphatic rings. The fraction of sp³-hybridized carbons (Fsp3) is 0.727. The standard InChI is InChI=1S/C22H34N2O3.2ClH/c1-2-26-22-15-18(16-23-7-3-4-8-23)5-6-21(22)27-20-13-19(14-20)17-24-9-11-25-12-10-24;;/h5-6,15,19-20H,2-4,7-14,16-17H2,1H3;2*1H. The molecule has 2 saturated heterocycles. The molecule has 5 nitrogen and oxygen atoms in total. The molecule has 0 unspecified atom stereocenters. The third-order valence-corrected chi connectivity index (χ3v) is 6.02. The van der Waals surface area contributed by atoms with E-state index in [0.717, 1.165) is 63.1 Å². The average Bonchev–Trinajstić information content (AvgIpc) is 3.16. The number of hydrogen-bond acceptors (Lipinski definition) is 5. The van der Waals surface area contributed by atoms with E-state index in [2.05, 4.69) is 28.0 Å². The molecule has 1 aromatic carbocycles. The third kappa shape index (κ3) is 6.90. The Bertz CT molecular complexity index is 602. The molecule has 0 atom stereocenters. The van der Waals surface area contributed by atoms with Crippen LogP contribution in [0.5, 0.6) is 11.5 Å². The summed E-state index contributed by atoms with van der Waals surface area (Å²) in [5.74, 6) is 2.58. The Kier molecular flexibility index (Phi) is 10.3. The molecule has 0 bridgehead atoms. The van der Waals surface area contributed by atoms with Gasteiger partial charge < -0.3 is 14.2 Å². The number of ether oxygens (including phenoxy) is 3. The molecule has 1 aromatic rings. The topological polar surface area (TPSA) is 34.2 Å². The number of morpholine rings is 1. The molecule has 0 radical (unpaired) electrons. The summed E-state index contributed by atoms with van der Waals surface area (Å²) in [4.78, 5) is 5.05. The van der Waals surface area contributed by atoms with Gasteiger partial charge in [-0.2, -0.15) is 0 Å². The monoisotopic (exact) mass is 446 g/mol. The normalized spacial score (nSPS) is 24.9. The summed E-state index contributed by atoms with van der Waals surface area (Å²) in [5, 5.41) is 0. The molecule has 3 fully saturated rings. The van der Waals surface area contributed by atoms with Gasteiger partial charge >= 0.3 is 0 Å². The average molecular weight is 447 g/mol. The van der Waals surface area contributed by atoms with Crippen LogP contribution in [0, 0.1) is 5.92 Å². The van der Waals surface area contributed by atoms with Gasteiger partial charge in [-0.1, -0.05) is 6.07 Å². The maximum absolute atomic E-state index is 6.30. The third-order valence-electron chi connectivity index (χ3n) is 6.02. The van der Waals surface area contributed by atoms with Crippen LogP contribution in [0.2, 0.25) is 0 Å². The van der Waals surface area contributed by atoms with E-state index in [4.69, 9.17) is 14.2 Å². The zero-order valence-electron chi connectivity index (χ0n) is 17.5. The van der Waals surface area contributed by atoms with Crippen molar-refractivity contribution >= 4 is 24.8 Å². The molecule has 1 aliphatic carbocycles. The fourth-order valence-electron chi connectivity index (χ4n) is 4.46. The van der Waals surface area contributed by atoms with Crippen molar-refractivity contribution in [2.24, 2.45) is 5.92 Å². The lowest BCUT2D eigenvalue weighted by Crippen LogP contribution is -2.45. The number of likely N-dealkylation sites (tertiary alicyclic amines) is 1. The molecule has 1 saturated carbocycles. The van der Waals surface area contributed by atoms with Gasteiger partial charge in [-0.25, -0.2) is 0 Å². The summed E-state index contributed by atoms with van der Waals surface area (Å²) >= 11 is 0. The second-order valence-electron chi connectivity index (χ2n) is 8.19. The minimum absolute atomic E-state index is 0. The zero-order chi connectivity index (χ0) is 18.5. The van der Waals surface area contributed by atoms with Gasteiger partial charge in [0.15, 0.2) is 11.5 Å². The van der Waals surface area contributed by atoms with Crippen LogP contribution < -0.4 is 9.47 Å². The number of nitrogens with zero attached hydrogens (tertiary/aromatic N) is 2. The molecule has 4 rings (SSSR count). The van der Waals surface area contributed by atoms with Crippen molar-refractivity contribution in [3.05, 3.63) is 23.8 Å². The van der Waals surface area contributed by atoms with Crippen LogP contribution in [0.1, 0.15) is 38.2 Å². The number of hydrogen-bond donors (Lipinski definition) is 0. The first-order valence-corrected chi connectivity index (χ1v) is 10.7. The molecule has 0 N–H and O–H groups in total. The maximum Gasteiger partial charge on any atom is 0.161 e. The van der Waals surface area contributed by atoms with Crippen LogP contribution in [-0.2, 0) is 11.3 Å². The van der Waals surface area contributed by atoms with E-state index >= 15 is 0 Å². The van der Waals surface area contributed by atoms with Crippen molar-refractivity contribution in [1.29, 1.82) is 0 Å². The Labute approximate surface area is 187 Å². The predicted octanol–water partition coefficient (Wildman–Crippen LogP) is 4.01. The first-order valence-electron chi connectivity index (χ1n) is 10.7. The van der Waals surface area contributed by atoms with Gasteiger partial charge in [-0.15, -0.1) is 24.8 Å². The van der Waals surface area contributed by atoms with Gasteiger partial charge in [0.2, 0.25) is 0 Å². The van der Waals surface area contributed by atoms with Crippen LogP contribution in [0.15, 0.2) is 18.2 Å². The minimum atomic E-state index is 0. The Hall–Kier alpha value is -0.720. The minimum Gasteiger partial charge on any atom is -0.490 e. The van der Waals surface area contributed by atoms with Gasteiger partial charge in [0.05, 0.1) is 25.9 Å². The van der Waals surface area contributed by atoms with E-state index in [9.17, 15) is 0 Å². The van der Waals surface area contributed by atoms with Crippen molar-refractivity contribution in [3.8, 4) is 11.5 Å². The molecule has 166 valence electrons. The van der Waals surface area contributed by atoms with Crippen molar-refractivity contribution in [2.45, 2.75) is 45.3 Å². The van der Waals surface area contributed by atoms with Crippen molar-refractivity contribution < 1.29 is 14.2 Å². The van der Waals surface area contributed by atoms with Gasteiger partial charge in [0.1, 0.15) is 0 Å². The molecule has 0 spiro atoms. The van der Waals surface area contributed by atoms with Crippen LogP contribution in [0.4, 0.5) is 0 Å². The smallest absolute Gasteiger partial charge is 0.161 e. The number of halogens is 2. The zero-order valence-corrected chi connectivity index (χ0v) is 19.1. The Morgan fingerprint density at radius 1 is 0.966 bits per heavy atom. The summed E-state index contributed by atoms with van der Waals surface area (Å²) in [7, 11) is 0. The van der Waals surface area contributed by atoms with Gasteiger partial charge in [-0.3, -0.25) is 9.80 Å². The molecule has 29 heavy (non-hydrogen) atoms. The number of rotatable bonds is 8. The summed E-state index contributed by atoms with van der Waals surface area (Å²) in [6, 6.07) is 6.51. The van der Waals surface area contributed by atoms with E-state index in [1.54, 1.807) is 0 Å². The summed E-state index contributed by atoms with van der Waals surface area (Å²) in [5.41, 5.74) is 1.33. The van der Waals surface area contributed by atoms with E-state index < -0.39 is 0 Å². The van der Waals surface area contributed by atoms with Crippen molar-refractivity contribution in [2.75, 3.05) is 52.5 Å². The molecule has 2 heterocycles.